The predicted octanol–water partition coefficient (Wildman–Crippen LogP) is 8.72. The normalized spacial score (nSPS) is 18.6. The van der Waals surface area contributed by atoms with Gasteiger partial charge in [-0.2, -0.15) is 4.39 Å². The number of hydrogen-bond donors (Lipinski definition) is 1. The second-order valence-corrected chi connectivity index (χ2v) is 9.63. The Morgan fingerprint density at radius 3 is 2.05 bits per heavy atom. The minimum atomic E-state index is -1.11. The van der Waals surface area contributed by atoms with Gasteiger partial charge in [0.2, 0.25) is 5.82 Å². The fraction of sp³-hybridized carbons (Fsp3) is 0.400. The van der Waals surface area contributed by atoms with E-state index in [1.165, 1.54) is 24.3 Å². The SMILES string of the molecule is CCCC(O)c1ccc(C2CCC(c3ccc(-c4ccc(OCC)c(F)c4F)cc3F)CC2)c(F)c1F. The van der Waals surface area contributed by atoms with Gasteiger partial charge in [0.25, 0.3) is 0 Å². The maximum atomic E-state index is 15.1. The van der Waals surface area contributed by atoms with Crippen LogP contribution in [0.2, 0.25) is 0 Å². The molecule has 0 aliphatic heterocycles. The first-order chi connectivity index (χ1) is 17.8. The van der Waals surface area contributed by atoms with Crippen LogP contribution in [0.15, 0.2) is 42.5 Å². The molecule has 1 unspecified atom stereocenters. The second-order valence-electron chi connectivity index (χ2n) is 9.63. The molecule has 1 aliphatic carbocycles. The number of hydrogen-bond acceptors (Lipinski definition) is 2. The van der Waals surface area contributed by atoms with Crippen molar-refractivity contribution < 1.29 is 31.8 Å². The molecule has 1 aliphatic rings. The fourth-order valence-electron chi connectivity index (χ4n) is 5.34. The zero-order chi connectivity index (χ0) is 26.7. The van der Waals surface area contributed by atoms with Crippen LogP contribution in [0.4, 0.5) is 22.0 Å². The molecule has 0 saturated heterocycles. The molecule has 0 spiro atoms. The predicted molar refractivity (Wildman–Crippen MR) is 133 cm³/mol. The molecule has 2 nitrogen and oxygen atoms in total. The van der Waals surface area contributed by atoms with Gasteiger partial charge in [-0.05, 0) is 85.8 Å². The average Bonchev–Trinajstić information content (AvgIpc) is 2.89. The molecule has 0 amide bonds. The van der Waals surface area contributed by atoms with Gasteiger partial charge in [-0.15, -0.1) is 0 Å². The summed E-state index contributed by atoms with van der Waals surface area (Å²) in [5.74, 6) is -5.16. The topological polar surface area (TPSA) is 29.5 Å². The summed E-state index contributed by atoms with van der Waals surface area (Å²) in [5, 5.41) is 10.1. The maximum Gasteiger partial charge on any atom is 0.201 e. The lowest BCUT2D eigenvalue weighted by atomic mass is 9.75. The van der Waals surface area contributed by atoms with Crippen molar-refractivity contribution in [2.45, 2.75) is 70.3 Å². The molecule has 3 aromatic rings. The van der Waals surface area contributed by atoms with E-state index in [2.05, 4.69) is 0 Å². The maximum absolute atomic E-state index is 15.1. The van der Waals surface area contributed by atoms with Gasteiger partial charge >= 0.3 is 0 Å². The van der Waals surface area contributed by atoms with Crippen LogP contribution in [0.3, 0.4) is 0 Å². The third kappa shape index (κ3) is 5.52. The van der Waals surface area contributed by atoms with E-state index >= 15 is 4.39 Å². The molecule has 1 atom stereocenters. The summed E-state index contributed by atoms with van der Waals surface area (Å²) in [6, 6.07) is 10.1. The van der Waals surface area contributed by atoms with Crippen molar-refractivity contribution >= 4 is 0 Å². The van der Waals surface area contributed by atoms with E-state index < -0.39 is 35.2 Å². The van der Waals surface area contributed by atoms with E-state index in [-0.39, 0.29) is 46.4 Å². The Kier molecular flexibility index (Phi) is 8.53. The van der Waals surface area contributed by atoms with E-state index in [4.69, 9.17) is 4.74 Å². The lowest BCUT2D eigenvalue weighted by Gasteiger charge is -2.30. The molecule has 4 rings (SSSR count). The van der Waals surface area contributed by atoms with Crippen LogP contribution >= 0.6 is 0 Å². The molecule has 7 heteroatoms. The lowest BCUT2D eigenvalue weighted by molar-refractivity contribution is 0.160. The Hall–Kier alpha value is -2.93. The van der Waals surface area contributed by atoms with Crippen LogP contribution in [0, 0.1) is 29.1 Å². The smallest absolute Gasteiger partial charge is 0.201 e. The first-order valence-electron chi connectivity index (χ1n) is 12.8. The van der Waals surface area contributed by atoms with Crippen molar-refractivity contribution in [2.75, 3.05) is 6.61 Å². The standard InChI is InChI=1S/C30H31F5O2/c1-3-5-25(36)23-13-12-21(27(32)29(23)34)18-8-6-17(7-9-18)20-11-10-19(16-24(20)31)22-14-15-26(37-4-2)30(35)28(22)33/h10-18,25,36H,3-9H2,1-2H3. The van der Waals surface area contributed by atoms with Gasteiger partial charge < -0.3 is 9.84 Å². The lowest BCUT2D eigenvalue weighted by Crippen LogP contribution is -2.15. The van der Waals surface area contributed by atoms with Gasteiger partial charge in [-0.25, -0.2) is 17.6 Å². The zero-order valence-electron chi connectivity index (χ0n) is 21.0. The highest BCUT2D eigenvalue weighted by Crippen LogP contribution is 2.43. The number of rotatable bonds is 8. The zero-order valence-corrected chi connectivity index (χ0v) is 21.0. The van der Waals surface area contributed by atoms with Crippen molar-refractivity contribution in [3.8, 4) is 16.9 Å². The molecule has 0 heterocycles. The Morgan fingerprint density at radius 1 is 0.784 bits per heavy atom. The number of aliphatic hydroxyl groups is 1. The summed E-state index contributed by atoms with van der Waals surface area (Å²) >= 11 is 0. The van der Waals surface area contributed by atoms with Crippen LogP contribution in [0.5, 0.6) is 5.75 Å². The largest absolute Gasteiger partial charge is 0.491 e. The van der Waals surface area contributed by atoms with E-state index in [0.29, 0.717) is 44.1 Å². The first-order valence-corrected chi connectivity index (χ1v) is 12.8. The van der Waals surface area contributed by atoms with Gasteiger partial charge in [-0.3, -0.25) is 0 Å². The van der Waals surface area contributed by atoms with E-state index in [1.54, 1.807) is 25.1 Å². The van der Waals surface area contributed by atoms with Crippen molar-refractivity contribution in [1.29, 1.82) is 0 Å². The molecule has 0 aromatic heterocycles. The summed E-state index contributed by atoms with van der Waals surface area (Å²) in [7, 11) is 0. The number of benzene rings is 3. The molecule has 37 heavy (non-hydrogen) atoms. The summed E-state index contributed by atoms with van der Waals surface area (Å²) in [5.41, 5.74) is 0.895. The van der Waals surface area contributed by atoms with Crippen molar-refractivity contribution in [1.82, 2.24) is 0 Å². The van der Waals surface area contributed by atoms with Crippen LogP contribution in [0.25, 0.3) is 11.1 Å². The van der Waals surface area contributed by atoms with E-state index in [0.717, 1.165) is 0 Å². The molecule has 1 N–H and O–H groups in total. The van der Waals surface area contributed by atoms with E-state index in [9.17, 15) is 22.7 Å². The Morgan fingerprint density at radius 2 is 1.43 bits per heavy atom. The Bertz CT molecular complexity index is 1250. The van der Waals surface area contributed by atoms with Gasteiger partial charge in [0.1, 0.15) is 5.82 Å². The molecular formula is C30H31F5O2. The summed E-state index contributed by atoms with van der Waals surface area (Å²) < 4.78 is 78.5. The third-order valence-electron chi connectivity index (χ3n) is 7.33. The highest BCUT2D eigenvalue weighted by Gasteiger charge is 2.29. The fourth-order valence-corrected chi connectivity index (χ4v) is 5.34. The van der Waals surface area contributed by atoms with Crippen molar-refractivity contribution in [2.24, 2.45) is 0 Å². The molecule has 1 saturated carbocycles. The Labute approximate surface area is 214 Å². The number of ether oxygens (including phenoxy) is 1. The molecule has 198 valence electrons. The minimum absolute atomic E-state index is 0.0252. The summed E-state index contributed by atoms with van der Waals surface area (Å²) in [6.07, 6.45) is 2.23. The monoisotopic (exact) mass is 518 g/mol. The first kappa shape index (κ1) is 27.1. The molecular weight excluding hydrogens is 487 g/mol. The van der Waals surface area contributed by atoms with Crippen molar-refractivity contribution in [3.63, 3.8) is 0 Å². The second kappa shape index (κ2) is 11.6. The van der Waals surface area contributed by atoms with Gasteiger partial charge in [0, 0.05) is 11.1 Å². The highest BCUT2D eigenvalue weighted by atomic mass is 19.2. The Balaban J connectivity index is 1.48. The molecule has 3 aromatic carbocycles. The molecule has 0 radical (unpaired) electrons. The third-order valence-corrected chi connectivity index (χ3v) is 7.33. The number of halogens is 5. The van der Waals surface area contributed by atoms with Gasteiger partial charge in [-0.1, -0.05) is 37.6 Å². The van der Waals surface area contributed by atoms with Crippen LogP contribution in [-0.2, 0) is 0 Å². The van der Waals surface area contributed by atoms with E-state index in [1.807, 2.05) is 6.92 Å². The van der Waals surface area contributed by atoms with Crippen LogP contribution in [-0.4, -0.2) is 11.7 Å². The molecule has 0 bridgehead atoms. The summed E-state index contributed by atoms with van der Waals surface area (Å²) in [4.78, 5) is 0. The van der Waals surface area contributed by atoms with Crippen LogP contribution in [0.1, 0.15) is 87.0 Å². The summed E-state index contributed by atoms with van der Waals surface area (Å²) in [6.45, 7) is 3.71. The van der Waals surface area contributed by atoms with Crippen molar-refractivity contribution in [3.05, 3.63) is 88.2 Å². The van der Waals surface area contributed by atoms with Crippen LogP contribution < -0.4 is 4.74 Å². The van der Waals surface area contributed by atoms with Gasteiger partial charge in [0.15, 0.2) is 23.2 Å². The number of aliphatic hydroxyl groups excluding tert-OH is 1. The highest BCUT2D eigenvalue weighted by molar-refractivity contribution is 5.66. The quantitative estimate of drug-likeness (QED) is 0.302. The minimum Gasteiger partial charge on any atom is -0.491 e. The van der Waals surface area contributed by atoms with Gasteiger partial charge in [0.05, 0.1) is 12.7 Å². The average molecular weight is 519 g/mol. The molecule has 1 fully saturated rings.